The van der Waals surface area contributed by atoms with Gasteiger partial charge in [-0.2, -0.15) is 4.31 Å². The third kappa shape index (κ3) is 1.62. The highest BCUT2D eigenvalue weighted by Crippen LogP contribution is 2.39. The van der Waals surface area contributed by atoms with E-state index in [1.54, 1.807) is 10.4 Å². The first kappa shape index (κ1) is 10.8. The molecule has 4 heteroatoms. The summed E-state index contributed by atoms with van der Waals surface area (Å²) in [7, 11) is -1.25. The predicted octanol–water partition coefficient (Wildman–Crippen LogP) is 1.81. The first-order valence-electron chi connectivity index (χ1n) is 4.91. The summed E-state index contributed by atoms with van der Waals surface area (Å²) >= 11 is 0. The van der Waals surface area contributed by atoms with Crippen LogP contribution >= 0.6 is 0 Å². The molecule has 1 aromatic rings. The van der Waals surface area contributed by atoms with E-state index in [-0.39, 0.29) is 5.54 Å². The van der Waals surface area contributed by atoms with Crippen molar-refractivity contribution < 1.29 is 9.32 Å². The number of hydrogen-bond acceptors (Lipinski definition) is 2. The highest BCUT2D eigenvalue weighted by molar-refractivity contribution is 7.83. The maximum Gasteiger partial charge on any atom is 0.146 e. The molecular formula is C11H15NO2S. The number of hydrogen-bond donors (Lipinski definition) is 1. The first-order valence-corrected chi connectivity index (χ1v) is 6.02. The van der Waals surface area contributed by atoms with E-state index in [9.17, 15) is 9.32 Å². The standard InChI is InChI=1S/C11H15NO2S/c1-11(2,3)12-10(13)8-6-4-5-7-9(8)15(12)14/h4-7,10,13H,1-3H3. The highest BCUT2D eigenvalue weighted by Gasteiger charge is 2.41. The molecular weight excluding hydrogens is 210 g/mol. The number of fused-ring (bicyclic) bond motifs is 1. The minimum Gasteiger partial charge on any atom is -0.373 e. The van der Waals surface area contributed by atoms with E-state index in [0.29, 0.717) is 0 Å². The fourth-order valence-corrected chi connectivity index (χ4v) is 3.37. The fraction of sp³-hybridized carbons (Fsp3) is 0.455. The van der Waals surface area contributed by atoms with Crippen molar-refractivity contribution in [1.29, 1.82) is 0 Å². The number of nitrogens with zero attached hydrogens (tertiary/aromatic N) is 1. The van der Waals surface area contributed by atoms with Gasteiger partial charge in [-0.05, 0) is 26.8 Å². The lowest BCUT2D eigenvalue weighted by molar-refractivity contribution is 0.0241. The molecule has 0 amide bonds. The zero-order chi connectivity index (χ0) is 11.2. The predicted molar refractivity (Wildman–Crippen MR) is 59.4 cm³/mol. The van der Waals surface area contributed by atoms with Gasteiger partial charge in [0.25, 0.3) is 0 Å². The van der Waals surface area contributed by atoms with Crippen LogP contribution in [0, 0.1) is 0 Å². The van der Waals surface area contributed by atoms with Crippen LogP contribution < -0.4 is 0 Å². The van der Waals surface area contributed by atoms with E-state index in [4.69, 9.17) is 0 Å². The molecule has 1 N–H and O–H groups in total. The molecule has 0 saturated heterocycles. The molecule has 82 valence electrons. The normalized spacial score (nSPS) is 26.7. The van der Waals surface area contributed by atoms with Gasteiger partial charge in [-0.15, -0.1) is 0 Å². The molecule has 0 aliphatic carbocycles. The fourth-order valence-electron chi connectivity index (χ4n) is 1.79. The number of aliphatic hydroxyl groups is 1. The molecule has 0 spiro atoms. The molecule has 0 radical (unpaired) electrons. The van der Waals surface area contributed by atoms with Gasteiger partial charge in [0.15, 0.2) is 0 Å². The summed E-state index contributed by atoms with van der Waals surface area (Å²) in [4.78, 5) is 0.722. The van der Waals surface area contributed by atoms with E-state index in [0.717, 1.165) is 10.5 Å². The quantitative estimate of drug-likeness (QED) is 0.731. The molecule has 15 heavy (non-hydrogen) atoms. The van der Waals surface area contributed by atoms with Crippen LogP contribution in [0.4, 0.5) is 0 Å². The van der Waals surface area contributed by atoms with Crippen LogP contribution in [0.15, 0.2) is 29.2 Å². The van der Waals surface area contributed by atoms with Crippen molar-refractivity contribution in [2.24, 2.45) is 0 Å². The summed E-state index contributed by atoms with van der Waals surface area (Å²) in [5.41, 5.74) is 0.439. The van der Waals surface area contributed by atoms with Crippen LogP contribution in [-0.4, -0.2) is 19.2 Å². The van der Waals surface area contributed by atoms with Crippen molar-refractivity contribution in [2.75, 3.05) is 0 Å². The Morgan fingerprint density at radius 3 is 2.47 bits per heavy atom. The van der Waals surface area contributed by atoms with Crippen molar-refractivity contribution in [3.8, 4) is 0 Å². The Balaban J connectivity index is 2.50. The highest BCUT2D eigenvalue weighted by atomic mass is 32.2. The maximum absolute atomic E-state index is 12.1. The summed E-state index contributed by atoms with van der Waals surface area (Å²) in [5, 5.41) is 10.1. The molecule has 1 aliphatic rings. The number of benzene rings is 1. The van der Waals surface area contributed by atoms with E-state index in [2.05, 4.69) is 0 Å². The minimum atomic E-state index is -1.25. The lowest BCUT2D eigenvalue weighted by Gasteiger charge is -2.32. The molecule has 1 aliphatic heterocycles. The van der Waals surface area contributed by atoms with Crippen molar-refractivity contribution in [3.63, 3.8) is 0 Å². The molecule has 2 atom stereocenters. The van der Waals surface area contributed by atoms with Gasteiger partial charge in [-0.1, -0.05) is 18.2 Å². The van der Waals surface area contributed by atoms with Gasteiger partial charge in [0, 0.05) is 11.1 Å². The maximum atomic E-state index is 12.1. The van der Waals surface area contributed by atoms with Gasteiger partial charge >= 0.3 is 0 Å². The third-order valence-corrected chi connectivity index (χ3v) is 4.30. The van der Waals surface area contributed by atoms with Crippen LogP contribution in [0.1, 0.15) is 32.6 Å². The van der Waals surface area contributed by atoms with Crippen LogP contribution in [0.25, 0.3) is 0 Å². The molecule has 0 saturated carbocycles. The molecule has 1 heterocycles. The summed E-state index contributed by atoms with van der Waals surface area (Å²) in [6, 6.07) is 7.32. The molecule has 2 unspecified atom stereocenters. The molecule has 3 nitrogen and oxygen atoms in total. The Bertz CT molecular complexity index is 411. The zero-order valence-electron chi connectivity index (χ0n) is 9.10. The largest absolute Gasteiger partial charge is 0.373 e. The Morgan fingerprint density at radius 2 is 1.93 bits per heavy atom. The summed E-state index contributed by atoms with van der Waals surface area (Å²) < 4.78 is 13.8. The average molecular weight is 225 g/mol. The Morgan fingerprint density at radius 1 is 1.33 bits per heavy atom. The van der Waals surface area contributed by atoms with E-state index in [1.165, 1.54) is 0 Å². The van der Waals surface area contributed by atoms with E-state index >= 15 is 0 Å². The molecule has 0 bridgehead atoms. The SMILES string of the molecule is CC(C)(C)N1C(O)c2ccccc2S1=O. The van der Waals surface area contributed by atoms with Crippen LogP contribution in [0.2, 0.25) is 0 Å². The topological polar surface area (TPSA) is 40.5 Å². The van der Waals surface area contributed by atoms with Crippen LogP contribution in [-0.2, 0) is 11.0 Å². The van der Waals surface area contributed by atoms with Crippen LogP contribution in [0.3, 0.4) is 0 Å². The molecule has 0 fully saturated rings. The van der Waals surface area contributed by atoms with Gasteiger partial charge in [0.05, 0.1) is 4.90 Å². The summed E-state index contributed by atoms with van der Waals surface area (Å²) in [6.07, 6.45) is -0.762. The van der Waals surface area contributed by atoms with Crippen molar-refractivity contribution in [1.82, 2.24) is 4.31 Å². The Labute approximate surface area is 92.3 Å². The number of aliphatic hydroxyl groups excluding tert-OH is 1. The van der Waals surface area contributed by atoms with E-state index < -0.39 is 17.2 Å². The van der Waals surface area contributed by atoms with Gasteiger partial charge in [0.2, 0.25) is 0 Å². The third-order valence-electron chi connectivity index (χ3n) is 2.45. The van der Waals surface area contributed by atoms with Crippen molar-refractivity contribution in [2.45, 2.75) is 37.4 Å². The Hall–Kier alpha value is -0.710. The van der Waals surface area contributed by atoms with Gasteiger partial charge in [-0.3, -0.25) is 0 Å². The van der Waals surface area contributed by atoms with Gasteiger partial charge < -0.3 is 5.11 Å². The van der Waals surface area contributed by atoms with Crippen molar-refractivity contribution in [3.05, 3.63) is 29.8 Å². The summed E-state index contributed by atoms with van der Waals surface area (Å²) in [6.45, 7) is 5.83. The zero-order valence-corrected chi connectivity index (χ0v) is 9.91. The Kier molecular flexibility index (Phi) is 2.45. The second kappa shape index (κ2) is 3.40. The lowest BCUT2D eigenvalue weighted by atomic mass is 10.1. The lowest BCUT2D eigenvalue weighted by Crippen LogP contribution is -2.41. The summed E-state index contributed by atoms with van der Waals surface area (Å²) in [5.74, 6) is 0. The van der Waals surface area contributed by atoms with Gasteiger partial charge in [-0.25, -0.2) is 4.21 Å². The monoisotopic (exact) mass is 225 g/mol. The molecule has 1 aromatic carbocycles. The first-order chi connectivity index (χ1) is 6.93. The minimum absolute atomic E-state index is 0.316. The molecule has 0 aromatic heterocycles. The average Bonchev–Trinajstić information content (AvgIpc) is 2.39. The van der Waals surface area contributed by atoms with Crippen LogP contribution in [0.5, 0.6) is 0 Å². The smallest absolute Gasteiger partial charge is 0.146 e. The molecule has 2 rings (SSSR count). The second-order valence-corrected chi connectivity index (χ2v) is 5.99. The number of rotatable bonds is 0. The van der Waals surface area contributed by atoms with Crippen molar-refractivity contribution >= 4 is 11.0 Å². The van der Waals surface area contributed by atoms with Gasteiger partial charge in [0.1, 0.15) is 17.2 Å². The van der Waals surface area contributed by atoms with E-state index in [1.807, 2.05) is 39.0 Å². The second-order valence-electron chi connectivity index (χ2n) is 4.66.